The molecule has 0 unspecified atom stereocenters. The average molecular weight is 1250 g/mol. The molecule has 4 aliphatic heterocycles. The minimum absolute atomic E-state index is 0.224. The van der Waals surface area contributed by atoms with Crippen LogP contribution in [0.2, 0.25) is 0 Å². The first-order chi connectivity index (χ1) is 48.7. The minimum Gasteiger partial charge on any atom is -0.456 e. The average Bonchev–Trinajstić information content (AvgIpc) is 1.05. The molecule has 0 radical (unpaired) electrons. The van der Waals surface area contributed by atoms with Gasteiger partial charge in [0.15, 0.2) is 0 Å². The zero-order valence-corrected chi connectivity index (χ0v) is 53.1. The molecule has 454 valence electrons. The molecule has 17 aromatic rings. The highest BCUT2D eigenvalue weighted by Crippen LogP contribution is 2.56. The Labute approximate surface area is 567 Å². The molecule has 0 bridgehead atoms. The number of hydrogen-bond donors (Lipinski definition) is 0. The number of rotatable bonds is 8. The predicted octanol–water partition coefficient (Wildman–Crippen LogP) is 20.3. The third-order valence-electron chi connectivity index (χ3n) is 21.0. The summed E-state index contributed by atoms with van der Waals surface area (Å²) in [6.45, 7) is -0.486. The lowest BCUT2D eigenvalue weighted by molar-refractivity contribution is 0.668. The molecule has 15 aromatic carbocycles. The van der Waals surface area contributed by atoms with E-state index in [4.69, 9.17) is 8.83 Å². The zero-order valence-electron chi connectivity index (χ0n) is 53.1. The number of hydrogen-bond acceptors (Lipinski definition) is 6. The van der Waals surface area contributed by atoms with Gasteiger partial charge in [-0.25, -0.2) is 0 Å². The van der Waals surface area contributed by atoms with Crippen molar-refractivity contribution in [2.45, 2.75) is 0 Å². The van der Waals surface area contributed by atoms with Crippen LogP contribution in [0.3, 0.4) is 0 Å². The molecule has 6 heterocycles. The summed E-state index contributed by atoms with van der Waals surface area (Å²) >= 11 is 0. The van der Waals surface area contributed by atoms with Crippen molar-refractivity contribution in [3.05, 3.63) is 340 Å². The van der Waals surface area contributed by atoms with E-state index in [1.54, 1.807) is 0 Å². The van der Waals surface area contributed by atoms with Gasteiger partial charge in [-0.05, 0) is 133 Å². The Balaban J connectivity index is 0.928. The lowest BCUT2D eigenvalue weighted by Gasteiger charge is -2.47. The second-order valence-corrected chi connectivity index (χ2v) is 26.1. The molecule has 0 saturated heterocycles. The topological polar surface area (TPSA) is 39.2 Å². The highest BCUT2D eigenvalue weighted by Gasteiger charge is 2.50. The fraction of sp³-hybridized carbons (Fsp3) is 0. The monoisotopic (exact) mass is 1250 g/mol. The molecule has 4 aliphatic rings. The van der Waals surface area contributed by atoms with Crippen molar-refractivity contribution in [1.82, 2.24) is 0 Å². The molecule has 0 atom stereocenters. The predicted molar refractivity (Wildman–Crippen MR) is 411 cm³/mol. The lowest BCUT2D eigenvalue weighted by Crippen LogP contribution is -2.65. The van der Waals surface area contributed by atoms with E-state index in [0.717, 1.165) is 146 Å². The van der Waals surface area contributed by atoms with Crippen molar-refractivity contribution in [2.24, 2.45) is 0 Å². The summed E-state index contributed by atoms with van der Waals surface area (Å²) in [7, 11) is 0. The van der Waals surface area contributed by atoms with Gasteiger partial charge in [-0.15, -0.1) is 0 Å². The standard InChI is InChI=1S/C90H56B2N4O2/c1-6-25-57(26-7-1)59-45-49-61(50-46-59)66-37-24-38-67(62-51-47-60(48-52-62)58-27-8-2-9-28-58)88(66)96-77-54-76-72(53-73(77)92-71-40-19-21-42-75(71)95(65-33-14-5-15-34-65)90-85-69-36-17-23-44-81(69)98-83(85)56-79(96)87(90)92)91-70-39-18-20-41-74(70)94(64-31-12-4-13-32-64)89-84-68-35-16-22-43-80(68)97-82(84)55-78(86(89)91)93(76)63-29-10-3-11-30-63/h1-56H. The van der Waals surface area contributed by atoms with Gasteiger partial charge in [0.1, 0.15) is 22.3 Å². The normalized spacial score (nSPS) is 13.2. The van der Waals surface area contributed by atoms with Crippen molar-refractivity contribution < 1.29 is 8.83 Å². The van der Waals surface area contributed by atoms with E-state index in [1.807, 2.05) is 0 Å². The summed E-state index contributed by atoms with van der Waals surface area (Å²) < 4.78 is 14.5. The van der Waals surface area contributed by atoms with E-state index >= 15 is 0 Å². The van der Waals surface area contributed by atoms with E-state index in [0.29, 0.717) is 0 Å². The second kappa shape index (κ2) is 21.4. The van der Waals surface area contributed by atoms with Crippen LogP contribution in [0.25, 0.3) is 88.4 Å². The van der Waals surface area contributed by atoms with Crippen molar-refractivity contribution >= 4 is 158 Å². The zero-order chi connectivity index (χ0) is 64.1. The molecule has 2 aromatic heterocycles. The molecule has 21 rings (SSSR count). The Morgan fingerprint density at radius 3 is 1.03 bits per heavy atom. The number of anilines is 12. The van der Waals surface area contributed by atoms with Crippen LogP contribution in [-0.4, -0.2) is 13.4 Å². The summed E-state index contributed by atoms with van der Waals surface area (Å²) in [4.78, 5) is 10.2. The van der Waals surface area contributed by atoms with Gasteiger partial charge in [0.25, 0.3) is 13.4 Å². The molecular weight excluding hydrogens is 1190 g/mol. The maximum Gasteiger partial charge on any atom is 0.252 e. The van der Waals surface area contributed by atoms with Gasteiger partial charge in [-0.2, -0.15) is 0 Å². The van der Waals surface area contributed by atoms with Crippen LogP contribution in [-0.2, 0) is 0 Å². The van der Waals surface area contributed by atoms with E-state index < -0.39 is 0 Å². The van der Waals surface area contributed by atoms with Gasteiger partial charge < -0.3 is 28.4 Å². The lowest BCUT2D eigenvalue weighted by atomic mass is 9.30. The van der Waals surface area contributed by atoms with Gasteiger partial charge in [0.2, 0.25) is 0 Å². The smallest absolute Gasteiger partial charge is 0.252 e. The quantitative estimate of drug-likeness (QED) is 0.141. The van der Waals surface area contributed by atoms with E-state index in [2.05, 4.69) is 359 Å². The summed E-state index contributed by atoms with van der Waals surface area (Å²) in [6.07, 6.45) is 0. The van der Waals surface area contributed by atoms with Gasteiger partial charge in [-0.1, -0.05) is 261 Å². The summed E-state index contributed by atoms with van der Waals surface area (Å²) in [5.74, 6) is 0. The largest absolute Gasteiger partial charge is 0.456 e. The number of fused-ring (bicyclic) bond motifs is 16. The number of benzene rings is 15. The van der Waals surface area contributed by atoms with E-state index in [9.17, 15) is 0 Å². The third-order valence-corrected chi connectivity index (χ3v) is 21.0. The molecular formula is C90H56B2N4O2. The Hall–Kier alpha value is -12.8. The first kappa shape index (κ1) is 54.6. The summed E-state index contributed by atoms with van der Waals surface area (Å²) in [5, 5.41) is 4.33. The molecule has 8 heteroatoms. The molecule has 0 spiro atoms. The molecule has 0 amide bonds. The maximum atomic E-state index is 7.31. The van der Waals surface area contributed by atoms with Crippen molar-refractivity contribution in [3.8, 4) is 44.5 Å². The van der Waals surface area contributed by atoms with Gasteiger partial charge in [0, 0.05) is 85.2 Å². The Morgan fingerprint density at radius 2 is 0.571 bits per heavy atom. The third kappa shape index (κ3) is 8.00. The van der Waals surface area contributed by atoms with Gasteiger partial charge in [-0.3, -0.25) is 0 Å². The molecule has 0 aliphatic carbocycles. The van der Waals surface area contributed by atoms with Crippen LogP contribution in [0.15, 0.2) is 349 Å². The Kier molecular flexibility index (Phi) is 11.9. The first-order valence-corrected chi connectivity index (χ1v) is 33.8. The van der Waals surface area contributed by atoms with Crippen LogP contribution in [0.1, 0.15) is 0 Å². The molecule has 98 heavy (non-hydrogen) atoms. The van der Waals surface area contributed by atoms with Crippen molar-refractivity contribution in [1.29, 1.82) is 0 Å². The highest BCUT2D eigenvalue weighted by molar-refractivity contribution is 7.03. The van der Waals surface area contributed by atoms with Crippen LogP contribution >= 0.6 is 0 Å². The fourth-order valence-electron chi connectivity index (χ4n) is 16.9. The summed E-state index contributed by atoms with van der Waals surface area (Å²) in [5.41, 5.74) is 32.7. The molecule has 6 nitrogen and oxygen atoms in total. The highest BCUT2D eigenvalue weighted by atomic mass is 16.3. The number of para-hydroxylation sites is 8. The maximum absolute atomic E-state index is 7.31. The minimum atomic E-state index is -0.261. The molecule has 0 saturated carbocycles. The van der Waals surface area contributed by atoms with E-state index in [-0.39, 0.29) is 13.4 Å². The molecule has 0 fully saturated rings. The SMILES string of the molecule is c1ccc(-c2ccc(-c3cccc(-c4ccc(-c5ccccc5)cc4)c3N3c4cc5c(cc4B4c6ccccc6N(c6ccccc6)c6c4c3cc3oc4ccccc4c63)B3c4ccccc4N(c4ccccc4)c4c3c(cc3oc6ccccc6c43)N5c3ccccc3)cc2)cc1. The summed E-state index contributed by atoms with van der Waals surface area (Å²) in [6, 6.07) is 125. The van der Waals surface area contributed by atoms with Crippen LogP contribution in [0.5, 0.6) is 0 Å². The fourth-order valence-corrected chi connectivity index (χ4v) is 16.9. The number of furan rings is 2. The van der Waals surface area contributed by atoms with Crippen LogP contribution in [0.4, 0.5) is 68.2 Å². The Morgan fingerprint density at radius 1 is 0.214 bits per heavy atom. The van der Waals surface area contributed by atoms with Gasteiger partial charge >= 0.3 is 0 Å². The first-order valence-electron chi connectivity index (χ1n) is 33.8. The van der Waals surface area contributed by atoms with Crippen molar-refractivity contribution in [2.75, 3.05) is 19.6 Å². The van der Waals surface area contributed by atoms with E-state index in [1.165, 1.54) is 43.9 Å². The second-order valence-electron chi connectivity index (χ2n) is 26.1. The number of nitrogens with zero attached hydrogens (tertiary/aromatic N) is 4. The van der Waals surface area contributed by atoms with Crippen molar-refractivity contribution in [3.63, 3.8) is 0 Å². The van der Waals surface area contributed by atoms with Crippen LogP contribution < -0.4 is 52.4 Å². The van der Waals surface area contributed by atoms with Gasteiger partial charge in [0.05, 0.1) is 27.8 Å². The molecule has 0 N–H and O–H groups in total. The van der Waals surface area contributed by atoms with Crippen LogP contribution in [0, 0.1) is 0 Å². The Bertz CT molecular complexity index is 5980.